The molecule has 0 saturated carbocycles. The summed E-state index contributed by atoms with van der Waals surface area (Å²) in [5.41, 5.74) is 5.41. The normalized spacial score (nSPS) is 14.1. The molecule has 2 aromatic rings. The third kappa shape index (κ3) is 8.77. The van der Waals surface area contributed by atoms with Crippen LogP contribution >= 0.6 is 0 Å². The Labute approximate surface area is 188 Å². The first-order valence-corrected chi connectivity index (χ1v) is 10.4. The Morgan fingerprint density at radius 2 is 1.55 bits per heavy atom. The lowest BCUT2D eigenvalue weighted by molar-refractivity contribution is -0.274. The van der Waals surface area contributed by atoms with Gasteiger partial charge in [-0.3, -0.25) is 0 Å². The number of ether oxygens (including phenoxy) is 2. The van der Waals surface area contributed by atoms with E-state index >= 15 is 0 Å². The number of alkyl halides is 6. The summed E-state index contributed by atoms with van der Waals surface area (Å²) in [4.78, 5) is 0. The molecule has 0 amide bonds. The smallest absolute Gasteiger partial charge is 0.493 e. The zero-order valence-electron chi connectivity index (χ0n) is 18.1. The van der Waals surface area contributed by atoms with Gasteiger partial charge in [0.1, 0.15) is 11.5 Å². The molecule has 0 aliphatic heterocycles. The minimum atomic E-state index is -4.77. The number of aryl methyl sites for hydroxylation is 2. The number of aliphatic hydroxyl groups excluding tert-OH is 1. The molecule has 1 unspecified atom stereocenters. The quantitative estimate of drug-likeness (QED) is 0.323. The molecule has 0 bridgehead atoms. The van der Waals surface area contributed by atoms with E-state index in [2.05, 4.69) is 4.74 Å². The van der Waals surface area contributed by atoms with E-state index in [0.29, 0.717) is 36.8 Å². The highest BCUT2D eigenvalue weighted by Crippen LogP contribution is 2.37. The lowest BCUT2D eigenvalue weighted by Gasteiger charge is -2.25. The van der Waals surface area contributed by atoms with Crippen LogP contribution in [-0.2, 0) is 19.0 Å². The van der Waals surface area contributed by atoms with E-state index in [1.54, 1.807) is 6.92 Å². The first-order valence-electron chi connectivity index (χ1n) is 10.4. The molecule has 0 fully saturated rings. The Bertz CT molecular complexity index is 877. The molecule has 0 aliphatic carbocycles. The number of hydrogen-bond donors (Lipinski definition) is 2. The lowest BCUT2D eigenvalue weighted by atomic mass is 9.90. The molecule has 0 spiro atoms. The second-order valence-electron chi connectivity index (χ2n) is 7.85. The Morgan fingerprint density at radius 3 is 2.09 bits per heavy atom. The number of nitrogens with two attached hydrogens (primary N) is 1. The number of hydrogen-bond acceptors (Lipinski definition) is 4. The second kappa shape index (κ2) is 11.1. The maximum atomic E-state index is 13.5. The van der Waals surface area contributed by atoms with E-state index in [1.807, 2.05) is 0 Å². The molecule has 33 heavy (non-hydrogen) atoms. The topological polar surface area (TPSA) is 64.7 Å². The Hall–Kier alpha value is -2.46. The van der Waals surface area contributed by atoms with Gasteiger partial charge in [0.05, 0.1) is 18.8 Å². The molecule has 0 heterocycles. The third-order valence-corrected chi connectivity index (χ3v) is 5.30. The van der Waals surface area contributed by atoms with E-state index in [4.69, 9.17) is 10.5 Å². The largest absolute Gasteiger partial charge is 0.573 e. The van der Waals surface area contributed by atoms with E-state index in [9.17, 15) is 31.4 Å². The van der Waals surface area contributed by atoms with Crippen LogP contribution < -0.4 is 15.2 Å². The predicted octanol–water partition coefficient (Wildman–Crippen LogP) is 5.65. The fourth-order valence-corrected chi connectivity index (χ4v) is 3.16. The van der Waals surface area contributed by atoms with Crippen LogP contribution in [0.4, 0.5) is 26.3 Å². The van der Waals surface area contributed by atoms with Crippen molar-refractivity contribution in [1.29, 1.82) is 0 Å². The van der Waals surface area contributed by atoms with Gasteiger partial charge in [-0.15, -0.1) is 13.2 Å². The van der Waals surface area contributed by atoms with E-state index in [-0.39, 0.29) is 31.1 Å². The molecule has 184 valence electrons. The third-order valence-electron chi connectivity index (χ3n) is 5.30. The zero-order chi connectivity index (χ0) is 24.7. The molecule has 0 aliphatic rings. The van der Waals surface area contributed by atoms with Crippen molar-refractivity contribution in [3.8, 4) is 11.5 Å². The van der Waals surface area contributed by atoms with Gasteiger partial charge in [-0.25, -0.2) is 0 Å². The summed E-state index contributed by atoms with van der Waals surface area (Å²) in [7, 11) is 0. The minimum Gasteiger partial charge on any atom is -0.493 e. The highest BCUT2D eigenvalue weighted by Gasteiger charge is 2.35. The molecule has 2 aromatic carbocycles. The van der Waals surface area contributed by atoms with Crippen molar-refractivity contribution in [3.05, 3.63) is 59.2 Å². The van der Waals surface area contributed by atoms with Crippen LogP contribution in [0.15, 0.2) is 42.5 Å². The van der Waals surface area contributed by atoms with Crippen LogP contribution in [0.3, 0.4) is 0 Å². The molecule has 0 radical (unpaired) electrons. The average Bonchev–Trinajstić information content (AvgIpc) is 2.75. The molecular formula is C23H27F6NO3. The molecule has 10 heteroatoms. The van der Waals surface area contributed by atoms with Crippen molar-refractivity contribution in [2.75, 3.05) is 13.2 Å². The van der Waals surface area contributed by atoms with Crippen LogP contribution in [0.2, 0.25) is 0 Å². The highest BCUT2D eigenvalue weighted by atomic mass is 19.4. The number of rotatable bonds is 11. The fraction of sp³-hybridized carbons (Fsp3) is 0.478. The fourth-order valence-electron chi connectivity index (χ4n) is 3.16. The minimum absolute atomic E-state index is 0.00448. The van der Waals surface area contributed by atoms with Crippen molar-refractivity contribution in [2.45, 2.75) is 57.1 Å². The Balaban J connectivity index is 1.95. The molecule has 3 N–H and O–H groups in total. The number of benzene rings is 2. The van der Waals surface area contributed by atoms with Gasteiger partial charge < -0.3 is 20.3 Å². The zero-order valence-corrected chi connectivity index (χ0v) is 18.1. The van der Waals surface area contributed by atoms with Gasteiger partial charge in [-0.2, -0.15) is 13.2 Å². The highest BCUT2D eigenvalue weighted by molar-refractivity contribution is 5.39. The summed E-state index contributed by atoms with van der Waals surface area (Å²) in [5.74, 6) is -0.640. The molecule has 4 nitrogen and oxygen atoms in total. The van der Waals surface area contributed by atoms with Crippen molar-refractivity contribution >= 4 is 0 Å². The predicted molar refractivity (Wildman–Crippen MR) is 111 cm³/mol. The first-order chi connectivity index (χ1) is 15.3. The van der Waals surface area contributed by atoms with Crippen molar-refractivity contribution in [3.63, 3.8) is 0 Å². The lowest BCUT2D eigenvalue weighted by Crippen LogP contribution is -2.43. The monoisotopic (exact) mass is 479 g/mol. The average molecular weight is 479 g/mol. The summed E-state index contributed by atoms with van der Waals surface area (Å²) in [6.07, 6.45) is -7.50. The van der Waals surface area contributed by atoms with E-state index < -0.39 is 23.6 Å². The Kier molecular flexibility index (Phi) is 9.02. The van der Waals surface area contributed by atoms with Crippen LogP contribution in [-0.4, -0.2) is 30.2 Å². The summed E-state index contributed by atoms with van der Waals surface area (Å²) in [6, 6.07) is 9.10. The molecule has 2 rings (SSSR count). The molecule has 1 atom stereocenters. The maximum Gasteiger partial charge on any atom is 0.573 e. The number of aliphatic hydroxyl groups is 1. The van der Waals surface area contributed by atoms with E-state index in [1.165, 1.54) is 36.4 Å². The van der Waals surface area contributed by atoms with Gasteiger partial charge >= 0.3 is 12.5 Å². The van der Waals surface area contributed by atoms with Crippen molar-refractivity contribution < 1.29 is 40.9 Å². The summed E-state index contributed by atoms with van der Waals surface area (Å²) in [5, 5.41) is 9.38. The van der Waals surface area contributed by atoms with Gasteiger partial charge in [-0.05, 0) is 67.5 Å². The van der Waals surface area contributed by atoms with Crippen molar-refractivity contribution in [1.82, 2.24) is 0 Å². The van der Waals surface area contributed by atoms with E-state index in [0.717, 1.165) is 6.07 Å². The summed E-state index contributed by atoms with van der Waals surface area (Å²) >= 11 is 0. The SMILES string of the molecule is CCC(N)(CO)CCc1ccc(OCCCc2ccc(OC(F)(F)F)cc2)c(C(F)(F)F)c1. The van der Waals surface area contributed by atoms with Crippen molar-refractivity contribution in [2.24, 2.45) is 5.73 Å². The van der Waals surface area contributed by atoms with Gasteiger partial charge in [-0.1, -0.05) is 25.1 Å². The van der Waals surface area contributed by atoms with Gasteiger partial charge in [0, 0.05) is 5.54 Å². The van der Waals surface area contributed by atoms with Gasteiger partial charge in [0.2, 0.25) is 0 Å². The second-order valence-corrected chi connectivity index (χ2v) is 7.85. The molecule has 0 aromatic heterocycles. The van der Waals surface area contributed by atoms with Crippen LogP contribution in [0.5, 0.6) is 11.5 Å². The van der Waals surface area contributed by atoms with Crippen LogP contribution in [0.25, 0.3) is 0 Å². The molecular weight excluding hydrogens is 452 g/mol. The Morgan fingerprint density at radius 1 is 0.909 bits per heavy atom. The molecule has 0 saturated heterocycles. The van der Waals surface area contributed by atoms with Crippen LogP contribution in [0, 0.1) is 0 Å². The first kappa shape index (κ1) is 26.8. The standard InChI is InChI=1S/C23H27F6NO3/c1-2-21(30,15-31)12-11-17-7-10-20(19(14-17)22(24,25)26)32-13-3-4-16-5-8-18(9-6-16)33-23(27,28)29/h5-10,14,31H,2-4,11-13,15,30H2,1H3. The van der Waals surface area contributed by atoms with Gasteiger partial charge in [0.25, 0.3) is 0 Å². The van der Waals surface area contributed by atoms with Crippen LogP contribution in [0.1, 0.15) is 42.9 Å². The summed E-state index contributed by atoms with van der Waals surface area (Å²) in [6.45, 7) is 1.55. The number of halogens is 6. The van der Waals surface area contributed by atoms with Gasteiger partial charge in [0.15, 0.2) is 0 Å². The summed E-state index contributed by atoms with van der Waals surface area (Å²) < 4.78 is 86.3. The maximum absolute atomic E-state index is 13.5.